The van der Waals surface area contributed by atoms with Gasteiger partial charge in [-0.3, -0.25) is 0 Å². The third-order valence-electron chi connectivity index (χ3n) is 2.24. The Hall–Kier alpha value is -0.350. The molecule has 0 nitrogen and oxygen atoms in total. The Balaban J connectivity index is 2.82. The van der Waals surface area contributed by atoms with Crippen LogP contribution < -0.4 is 5.30 Å². The monoisotopic (exact) mass is 181 g/mol. The van der Waals surface area contributed by atoms with E-state index in [0.29, 0.717) is 0 Å². The lowest BCUT2D eigenvalue weighted by atomic mass is 10.4. The summed E-state index contributed by atoms with van der Waals surface area (Å²) >= 11 is 0. The second-order valence-corrected chi connectivity index (χ2v) is 8.08. The van der Waals surface area contributed by atoms with Crippen molar-refractivity contribution in [2.24, 2.45) is 0 Å². The molecule has 0 amide bonds. The van der Waals surface area contributed by atoms with Gasteiger partial charge in [0.05, 0.1) is 24.8 Å². The van der Waals surface area contributed by atoms with Gasteiger partial charge in [0.15, 0.2) is 0 Å². The molecule has 0 unspecified atom stereocenters. The first-order valence-corrected chi connectivity index (χ1v) is 7.42. The van der Waals surface area contributed by atoms with Crippen LogP contribution in [0.15, 0.2) is 30.3 Å². The van der Waals surface area contributed by atoms with Crippen LogP contribution in [-0.2, 0) is 0 Å². The molecule has 0 radical (unpaired) electrons. The Morgan fingerprint density at radius 2 is 1.67 bits per heavy atom. The molecule has 0 aliphatic rings. The highest BCUT2D eigenvalue weighted by Crippen LogP contribution is 2.49. The van der Waals surface area contributed by atoms with E-state index in [-0.39, 0.29) is 0 Å². The zero-order chi connectivity index (χ0) is 9.03. The second kappa shape index (κ2) is 4.05. The van der Waals surface area contributed by atoms with Gasteiger partial charge in [-0.25, -0.2) is 0 Å². The average Bonchev–Trinajstić information content (AvgIpc) is 2.06. The van der Waals surface area contributed by atoms with Gasteiger partial charge in [0.2, 0.25) is 0 Å². The van der Waals surface area contributed by atoms with Gasteiger partial charge in [-0.1, -0.05) is 25.1 Å². The summed E-state index contributed by atoms with van der Waals surface area (Å²) < 4.78 is 0. The molecule has 0 aliphatic carbocycles. The lowest BCUT2D eigenvalue weighted by Crippen LogP contribution is -2.11. The highest BCUT2D eigenvalue weighted by molar-refractivity contribution is 7.81. The van der Waals surface area contributed by atoms with Crippen LogP contribution >= 0.6 is 7.26 Å². The fraction of sp³-hybridized carbons (Fsp3) is 0.455. The predicted molar refractivity (Wildman–Crippen MR) is 60.0 cm³/mol. The van der Waals surface area contributed by atoms with Crippen molar-refractivity contribution in [2.75, 3.05) is 19.5 Å². The van der Waals surface area contributed by atoms with Crippen molar-refractivity contribution in [3.63, 3.8) is 0 Å². The van der Waals surface area contributed by atoms with E-state index in [1.54, 1.807) is 5.30 Å². The largest absolute Gasteiger partial charge is 0.0933 e. The van der Waals surface area contributed by atoms with Crippen molar-refractivity contribution in [1.82, 2.24) is 0 Å². The van der Waals surface area contributed by atoms with E-state index in [9.17, 15) is 0 Å². The van der Waals surface area contributed by atoms with Crippen LogP contribution in [0.5, 0.6) is 0 Å². The number of benzene rings is 1. The Kier molecular flexibility index (Phi) is 3.29. The van der Waals surface area contributed by atoms with Crippen LogP contribution in [-0.4, -0.2) is 19.5 Å². The molecule has 0 atom stereocenters. The van der Waals surface area contributed by atoms with Gasteiger partial charge in [0.25, 0.3) is 0 Å². The quantitative estimate of drug-likeness (QED) is 0.629. The van der Waals surface area contributed by atoms with Gasteiger partial charge >= 0.3 is 0 Å². The standard InChI is InChI=1S/C11H18P/c1-4-10-12(2,3)11-8-6-5-7-9-11/h5-9H,4,10H2,1-3H3/q+1. The lowest BCUT2D eigenvalue weighted by Gasteiger charge is -2.16. The summed E-state index contributed by atoms with van der Waals surface area (Å²) in [5, 5.41) is 1.56. The molecule has 0 N–H and O–H groups in total. The SMILES string of the molecule is CCC[P+](C)(C)c1ccccc1. The van der Waals surface area contributed by atoms with Crippen molar-refractivity contribution in [3.05, 3.63) is 30.3 Å². The maximum absolute atomic E-state index is 2.42. The molecule has 0 aromatic heterocycles. The van der Waals surface area contributed by atoms with Crippen LogP contribution in [0.2, 0.25) is 0 Å². The van der Waals surface area contributed by atoms with Crippen LogP contribution in [0, 0.1) is 0 Å². The smallest absolute Gasteiger partial charge is 0.0620 e. The van der Waals surface area contributed by atoms with E-state index in [1.165, 1.54) is 12.6 Å². The van der Waals surface area contributed by atoms with E-state index < -0.39 is 7.26 Å². The van der Waals surface area contributed by atoms with E-state index >= 15 is 0 Å². The Bertz CT molecular complexity index is 226. The van der Waals surface area contributed by atoms with E-state index in [4.69, 9.17) is 0 Å². The fourth-order valence-corrected chi connectivity index (χ4v) is 3.88. The predicted octanol–water partition coefficient (Wildman–Crippen LogP) is 3.00. The lowest BCUT2D eigenvalue weighted by molar-refractivity contribution is 1.09. The van der Waals surface area contributed by atoms with Crippen molar-refractivity contribution >= 4 is 12.6 Å². The molecule has 0 fully saturated rings. The second-order valence-electron chi connectivity index (χ2n) is 3.74. The fourth-order valence-electron chi connectivity index (χ4n) is 1.52. The molecule has 1 heteroatoms. The minimum atomic E-state index is -0.795. The number of hydrogen-bond acceptors (Lipinski definition) is 0. The highest BCUT2D eigenvalue weighted by atomic mass is 31.2. The van der Waals surface area contributed by atoms with Crippen molar-refractivity contribution in [2.45, 2.75) is 13.3 Å². The van der Waals surface area contributed by atoms with Gasteiger partial charge in [0.1, 0.15) is 0 Å². The van der Waals surface area contributed by atoms with Gasteiger partial charge in [0, 0.05) is 7.26 Å². The first-order valence-electron chi connectivity index (χ1n) is 4.55. The molecule has 1 aromatic carbocycles. The molecule has 0 aliphatic heterocycles. The molecule has 0 spiro atoms. The maximum Gasteiger partial charge on any atom is 0.0933 e. The summed E-state index contributed by atoms with van der Waals surface area (Å²) in [7, 11) is -0.795. The topological polar surface area (TPSA) is 0 Å². The first kappa shape index (κ1) is 9.74. The van der Waals surface area contributed by atoms with Gasteiger partial charge in [-0.2, -0.15) is 0 Å². The van der Waals surface area contributed by atoms with Gasteiger partial charge in [-0.15, -0.1) is 0 Å². The molecule has 0 saturated carbocycles. The minimum Gasteiger partial charge on any atom is -0.0620 e. The maximum atomic E-state index is 2.42. The molecule has 1 rings (SSSR count). The molecule has 0 heterocycles. The molecule has 0 saturated heterocycles. The number of hydrogen-bond donors (Lipinski definition) is 0. The van der Waals surface area contributed by atoms with E-state index in [2.05, 4.69) is 50.6 Å². The first-order chi connectivity index (χ1) is 5.67. The van der Waals surface area contributed by atoms with Gasteiger partial charge < -0.3 is 0 Å². The Morgan fingerprint density at radius 1 is 1.08 bits per heavy atom. The molecule has 66 valence electrons. The molecule has 0 bridgehead atoms. The van der Waals surface area contributed by atoms with Crippen molar-refractivity contribution < 1.29 is 0 Å². The molecule has 12 heavy (non-hydrogen) atoms. The van der Waals surface area contributed by atoms with Crippen LogP contribution in [0.1, 0.15) is 13.3 Å². The summed E-state index contributed by atoms with van der Waals surface area (Å²) in [6.07, 6.45) is 2.67. The number of rotatable bonds is 3. The van der Waals surface area contributed by atoms with Crippen LogP contribution in [0.4, 0.5) is 0 Å². The summed E-state index contributed by atoms with van der Waals surface area (Å²) in [6.45, 7) is 7.11. The van der Waals surface area contributed by atoms with Crippen molar-refractivity contribution in [3.8, 4) is 0 Å². The van der Waals surface area contributed by atoms with Gasteiger partial charge in [-0.05, 0) is 18.6 Å². The van der Waals surface area contributed by atoms with Crippen molar-refractivity contribution in [1.29, 1.82) is 0 Å². The normalized spacial score (nSPS) is 11.6. The summed E-state index contributed by atoms with van der Waals surface area (Å²) in [4.78, 5) is 0. The summed E-state index contributed by atoms with van der Waals surface area (Å²) in [5.41, 5.74) is 0. The Labute approximate surface area is 76.3 Å². The van der Waals surface area contributed by atoms with E-state index in [0.717, 1.165) is 0 Å². The summed E-state index contributed by atoms with van der Waals surface area (Å²) in [5.74, 6) is 0. The molecular weight excluding hydrogens is 163 g/mol. The third kappa shape index (κ3) is 2.32. The van der Waals surface area contributed by atoms with Crippen LogP contribution in [0.25, 0.3) is 0 Å². The summed E-state index contributed by atoms with van der Waals surface area (Å²) in [6, 6.07) is 10.9. The highest BCUT2D eigenvalue weighted by Gasteiger charge is 2.26. The third-order valence-corrected chi connectivity index (χ3v) is 5.50. The zero-order valence-electron chi connectivity index (χ0n) is 8.25. The van der Waals surface area contributed by atoms with E-state index in [1.807, 2.05) is 0 Å². The molecular formula is C11H18P+. The minimum absolute atomic E-state index is 0.795. The van der Waals surface area contributed by atoms with Crippen LogP contribution in [0.3, 0.4) is 0 Å². The Morgan fingerprint density at radius 3 is 2.17 bits per heavy atom. The molecule has 1 aromatic rings. The average molecular weight is 181 g/mol. The zero-order valence-corrected chi connectivity index (χ0v) is 9.14.